The van der Waals surface area contributed by atoms with Crippen molar-refractivity contribution in [3.05, 3.63) is 29.3 Å². The van der Waals surface area contributed by atoms with Crippen LogP contribution in [0.15, 0.2) is 18.2 Å². The van der Waals surface area contributed by atoms with Crippen LogP contribution in [0.4, 0.5) is 0 Å². The third-order valence-corrected chi connectivity index (χ3v) is 3.04. The molecule has 1 aromatic carbocycles. The van der Waals surface area contributed by atoms with Crippen molar-refractivity contribution in [3.63, 3.8) is 0 Å². The first-order chi connectivity index (χ1) is 7.71. The first-order valence-electron chi connectivity index (χ1n) is 5.72. The van der Waals surface area contributed by atoms with Crippen LogP contribution < -0.4 is 4.52 Å². The zero-order chi connectivity index (χ0) is 13.2. The molecule has 0 bridgehead atoms. The average Bonchev–Trinajstić information content (AvgIpc) is 2.15. The third kappa shape index (κ3) is 3.95. The van der Waals surface area contributed by atoms with Crippen molar-refractivity contribution < 1.29 is 14.3 Å². The molecule has 0 fully saturated rings. The Morgan fingerprint density at radius 3 is 2.18 bits per heavy atom. The van der Waals surface area contributed by atoms with E-state index >= 15 is 0 Å². The predicted molar refractivity (Wildman–Crippen MR) is 71.2 cm³/mol. The van der Waals surface area contributed by atoms with Gasteiger partial charge in [-0.05, 0) is 28.5 Å². The summed E-state index contributed by atoms with van der Waals surface area (Å²) in [5.74, 6) is 0.839. The molecule has 2 N–H and O–H groups in total. The van der Waals surface area contributed by atoms with Gasteiger partial charge in [0.1, 0.15) is 5.75 Å². The Labute approximate surface area is 104 Å². The zero-order valence-corrected chi connectivity index (χ0v) is 12.0. The van der Waals surface area contributed by atoms with Crippen LogP contribution in [0.3, 0.4) is 0 Å². The fraction of sp³-hybridized carbons (Fsp3) is 0.538. The van der Waals surface area contributed by atoms with Gasteiger partial charge in [-0.2, -0.15) is 0 Å². The van der Waals surface area contributed by atoms with Gasteiger partial charge < -0.3 is 14.3 Å². The lowest BCUT2D eigenvalue weighted by atomic mass is 9.84. The van der Waals surface area contributed by atoms with Crippen LogP contribution in [0.2, 0.25) is 0 Å². The van der Waals surface area contributed by atoms with E-state index in [1.807, 2.05) is 12.1 Å². The molecular weight excluding hydrogens is 235 g/mol. The van der Waals surface area contributed by atoms with Crippen molar-refractivity contribution >= 4 is 8.60 Å². The maximum absolute atomic E-state index is 8.94. The van der Waals surface area contributed by atoms with E-state index in [1.165, 1.54) is 5.56 Å². The quantitative estimate of drug-likeness (QED) is 0.811. The standard InChI is InChI=1S/C13H21O3P/c1-9(2)11-8-10(13(3,4)5)6-7-12(11)16-17(14)15/h6-9,14-15H,1-5H3. The Balaban J connectivity index is 3.18. The van der Waals surface area contributed by atoms with Gasteiger partial charge in [-0.15, -0.1) is 0 Å². The summed E-state index contributed by atoms with van der Waals surface area (Å²) in [4.78, 5) is 17.9. The second kappa shape index (κ2) is 5.34. The molecule has 0 saturated carbocycles. The first-order valence-corrected chi connectivity index (χ1v) is 6.88. The normalized spacial score (nSPS) is 12.3. The molecule has 0 heterocycles. The first kappa shape index (κ1) is 14.4. The lowest BCUT2D eigenvalue weighted by Gasteiger charge is -2.22. The maximum Gasteiger partial charge on any atom is 0.391 e. The van der Waals surface area contributed by atoms with Crippen LogP contribution in [0.5, 0.6) is 5.75 Å². The summed E-state index contributed by atoms with van der Waals surface area (Å²) < 4.78 is 5.05. The highest BCUT2D eigenvalue weighted by molar-refractivity contribution is 7.39. The summed E-state index contributed by atoms with van der Waals surface area (Å²) >= 11 is 0. The van der Waals surface area contributed by atoms with Gasteiger partial charge in [0.25, 0.3) is 0 Å². The van der Waals surface area contributed by atoms with Crippen LogP contribution >= 0.6 is 8.60 Å². The number of benzene rings is 1. The van der Waals surface area contributed by atoms with Gasteiger partial charge in [-0.1, -0.05) is 46.8 Å². The second-order valence-electron chi connectivity index (χ2n) is 5.50. The Hall–Kier alpha value is -0.630. The molecule has 0 unspecified atom stereocenters. The van der Waals surface area contributed by atoms with E-state index in [0.717, 1.165) is 5.56 Å². The molecule has 0 aromatic heterocycles. The van der Waals surface area contributed by atoms with E-state index in [1.54, 1.807) is 0 Å². The van der Waals surface area contributed by atoms with E-state index < -0.39 is 8.60 Å². The van der Waals surface area contributed by atoms with E-state index in [2.05, 4.69) is 40.7 Å². The van der Waals surface area contributed by atoms with Crippen molar-refractivity contribution in [3.8, 4) is 5.75 Å². The molecule has 96 valence electrons. The fourth-order valence-electron chi connectivity index (χ4n) is 1.64. The molecule has 1 rings (SSSR count). The number of hydrogen-bond acceptors (Lipinski definition) is 3. The molecular formula is C13H21O3P. The summed E-state index contributed by atoms with van der Waals surface area (Å²) in [6.45, 7) is 10.6. The molecule has 1 aromatic rings. The SMILES string of the molecule is CC(C)c1cc(C(C)(C)C)ccc1OP(O)O. The smallest absolute Gasteiger partial charge is 0.391 e. The number of rotatable bonds is 3. The third-order valence-electron chi connectivity index (χ3n) is 2.68. The van der Waals surface area contributed by atoms with Gasteiger partial charge in [0.05, 0.1) is 0 Å². The highest BCUT2D eigenvalue weighted by Crippen LogP contribution is 2.37. The molecule has 17 heavy (non-hydrogen) atoms. The van der Waals surface area contributed by atoms with Crippen LogP contribution in [0.25, 0.3) is 0 Å². The van der Waals surface area contributed by atoms with Gasteiger partial charge in [0.15, 0.2) is 0 Å². The van der Waals surface area contributed by atoms with Gasteiger partial charge in [-0.25, -0.2) is 0 Å². The topological polar surface area (TPSA) is 49.7 Å². The Kier molecular flexibility index (Phi) is 4.54. The van der Waals surface area contributed by atoms with E-state index in [-0.39, 0.29) is 11.3 Å². The van der Waals surface area contributed by atoms with Gasteiger partial charge in [0.2, 0.25) is 0 Å². The summed E-state index contributed by atoms with van der Waals surface area (Å²) in [5.41, 5.74) is 2.30. The molecule has 0 aliphatic rings. The Morgan fingerprint density at radius 2 is 1.76 bits per heavy atom. The van der Waals surface area contributed by atoms with Crippen molar-refractivity contribution in [1.29, 1.82) is 0 Å². The molecule has 0 aliphatic carbocycles. The summed E-state index contributed by atoms with van der Waals surface area (Å²) in [6.07, 6.45) is 0. The van der Waals surface area contributed by atoms with Gasteiger partial charge in [-0.3, -0.25) is 0 Å². The van der Waals surface area contributed by atoms with Crippen molar-refractivity contribution in [2.75, 3.05) is 0 Å². The second-order valence-corrected chi connectivity index (χ2v) is 6.19. The molecule has 0 spiro atoms. The minimum Gasteiger partial charge on any atom is -0.427 e. The summed E-state index contributed by atoms with van der Waals surface area (Å²) in [5, 5.41) is 0. The Bertz CT molecular complexity index is 381. The van der Waals surface area contributed by atoms with E-state index in [9.17, 15) is 0 Å². The van der Waals surface area contributed by atoms with E-state index in [4.69, 9.17) is 14.3 Å². The predicted octanol–water partition coefficient (Wildman–Crippen LogP) is 3.70. The van der Waals surface area contributed by atoms with Crippen LogP contribution in [0, 0.1) is 0 Å². The van der Waals surface area contributed by atoms with Crippen LogP contribution in [-0.4, -0.2) is 9.79 Å². The van der Waals surface area contributed by atoms with E-state index in [0.29, 0.717) is 5.75 Å². The average molecular weight is 256 g/mol. The highest BCUT2D eigenvalue weighted by atomic mass is 31.2. The molecule has 0 amide bonds. The molecule has 3 nitrogen and oxygen atoms in total. The van der Waals surface area contributed by atoms with Crippen molar-refractivity contribution in [1.82, 2.24) is 0 Å². The molecule has 0 radical (unpaired) electrons. The molecule has 4 heteroatoms. The highest BCUT2D eigenvalue weighted by Gasteiger charge is 2.18. The van der Waals surface area contributed by atoms with Crippen LogP contribution in [-0.2, 0) is 5.41 Å². The monoisotopic (exact) mass is 256 g/mol. The molecule has 0 atom stereocenters. The zero-order valence-electron chi connectivity index (χ0n) is 11.1. The van der Waals surface area contributed by atoms with Gasteiger partial charge in [0, 0.05) is 0 Å². The molecule has 0 aliphatic heterocycles. The molecule has 0 saturated heterocycles. The lowest BCUT2D eigenvalue weighted by Crippen LogP contribution is -2.12. The fourth-order valence-corrected chi connectivity index (χ4v) is 1.98. The lowest BCUT2D eigenvalue weighted by molar-refractivity contribution is 0.372. The Morgan fingerprint density at radius 1 is 1.18 bits per heavy atom. The minimum absolute atomic E-state index is 0.0747. The van der Waals surface area contributed by atoms with Crippen molar-refractivity contribution in [2.45, 2.75) is 46.0 Å². The maximum atomic E-state index is 8.94. The van der Waals surface area contributed by atoms with Crippen LogP contribution in [0.1, 0.15) is 51.7 Å². The minimum atomic E-state index is -2.36. The van der Waals surface area contributed by atoms with Crippen molar-refractivity contribution in [2.24, 2.45) is 0 Å². The number of hydrogen-bond donors (Lipinski definition) is 2. The largest absolute Gasteiger partial charge is 0.427 e. The summed E-state index contributed by atoms with van der Waals surface area (Å²) in [7, 11) is -2.36. The van der Waals surface area contributed by atoms with Gasteiger partial charge >= 0.3 is 8.60 Å². The summed E-state index contributed by atoms with van der Waals surface area (Å²) in [6, 6.07) is 5.87.